The fourth-order valence-electron chi connectivity index (χ4n) is 13.8. The first-order valence-electron chi connectivity index (χ1n) is 30.8. The van der Waals surface area contributed by atoms with Crippen molar-refractivity contribution in [3.05, 3.63) is 162 Å². The normalized spacial score (nSPS) is 18.8. The monoisotopic (exact) mass is 1260 g/mol. The fourth-order valence-corrected chi connectivity index (χ4v) is 13.8. The lowest BCUT2D eigenvalue weighted by Gasteiger charge is -2.26. The Kier molecular flexibility index (Phi) is 15.5. The molecule has 10 amide bonds. The van der Waals surface area contributed by atoms with Crippen LogP contribution in [0.2, 0.25) is 0 Å². The van der Waals surface area contributed by atoms with Gasteiger partial charge in [-0.1, -0.05) is 109 Å². The lowest BCUT2D eigenvalue weighted by molar-refractivity contribution is -0.138. The third-order valence-corrected chi connectivity index (χ3v) is 18.0. The van der Waals surface area contributed by atoms with Crippen molar-refractivity contribution in [3.63, 3.8) is 0 Å². The highest BCUT2D eigenvalue weighted by atomic mass is 16.2. The molecule has 5 aromatic heterocycles. The molecule has 0 radical (unpaired) electrons. The summed E-state index contributed by atoms with van der Waals surface area (Å²) in [5, 5.41) is 20.7. The van der Waals surface area contributed by atoms with Crippen molar-refractivity contribution in [3.8, 4) is 0 Å². The molecule has 0 bridgehead atoms. The van der Waals surface area contributed by atoms with Gasteiger partial charge in [-0.2, -0.15) is 0 Å². The van der Waals surface area contributed by atoms with E-state index >= 15 is 0 Å². The first-order chi connectivity index (χ1) is 45.5. The molecule has 25 nitrogen and oxygen atoms in total. The number of amides is 10. The van der Waals surface area contributed by atoms with Crippen LogP contribution < -0.4 is 37.6 Å². The number of nitrogens with one attached hydrogen (secondary N) is 8. The number of fused-ring (bicyclic) bond motifs is 10. The maximum Gasteiger partial charge on any atom is 0.254 e. The number of likely N-dealkylation sites (tertiary alicyclic amines) is 3. The average Bonchev–Trinajstić information content (AvgIpc) is 1.50. The van der Waals surface area contributed by atoms with Gasteiger partial charge >= 0.3 is 0 Å². The molecule has 3 aliphatic rings. The second-order valence-corrected chi connectivity index (χ2v) is 24.0. The number of aromatic amines is 2. The number of carbonyl (C=O) groups excluding carboxylic acids is 10. The lowest BCUT2D eigenvalue weighted by atomic mass is 10.0. The molecule has 6 unspecified atom stereocenters. The molecule has 6 atom stereocenters. The van der Waals surface area contributed by atoms with E-state index in [0.29, 0.717) is 71.2 Å². The van der Waals surface area contributed by atoms with E-state index in [1.165, 1.54) is 21.6 Å². The smallest absolute Gasteiger partial charge is 0.254 e. The van der Waals surface area contributed by atoms with Crippen LogP contribution in [-0.4, -0.2) is 174 Å². The highest BCUT2D eigenvalue weighted by Gasteiger charge is 2.46. The molecule has 3 aliphatic heterocycles. The first-order valence-corrected chi connectivity index (χ1v) is 30.8. The van der Waals surface area contributed by atoms with Crippen LogP contribution in [0.1, 0.15) is 57.3 Å². The number of primary amides is 1. The number of pyridine rings is 3. The SMILES string of the molecule is CC(=O)NC1CC(C(=O)NC2CC(C(=O)NC3CC(C(N)=O)N(C(=O)CNC(=O)c4c5ccccc5nc5c4[nH]c4ccccc45)C3)N(C(=O)CNC(=O)c3c4ccccc4nc4c3[nH]c3ccccc34)C2)N(C(=O)CNC(=O)c2c3ccccc3nc3ccccc23)C1. The molecular formula is C69H61N15O10. The lowest BCUT2D eigenvalue weighted by Crippen LogP contribution is -2.52. The Bertz CT molecular complexity index is 4990. The van der Waals surface area contributed by atoms with Crippen LogP contribution >= 0.6 is 0 Å². The number of hydrogen-bond donors (Lipinski definition) is 9. The van der Waals surface area contributed by atoms with Gasteiger partial charge in [-0.3, -0.25) is 47.9 Å². The van der Waals surface area contributed by atoms with Gasteiger partial charge in [0.15, 0.2) is 0 Å². The van der Waals surface area contributed by atoms with Gasteiger partial charge in [0.25, 0.3) is 17.7 Å². The highest BCUT2D eigenvalue weighted by Crippen LogP contribution is 2.34. The minimum atomic E-state index is -1.31. The Hall–Kier alpha value is -11.9. The molecule has 6 aromatic carbocycles. The van der Waals surface area contributed by atoms with Crippen LogP contribution in [0.25, 0.3) is 87.5 Å². The molecule has 3 fully saturated rings. The van der Waals surface area contributed by atoms with Gasteiger partial charge in [-0.25, -0.2) is 15.0 Å². The van der Waals surface area contributed by atoms with Gasteiger partial charge < -0.3 is 62.3 Å². The maximum absolute atomic E-state index is 14.9. The van der Waals surface area contributed by atoms with E-state index < -0.39 is 115 Å². The average molecular weight is 1260 g/mol. The first kappa shape index (κ1) is 59.7. The second kappa shape index (κ2) is 24.4. The standard InChI is InChI=1S/C69H61N15O10/c1-35(85)74-36-27-52(83(32-36)55(87)30-71-67(92)57-39-14-2-8-20-45(39)77-46-21-9-3-15-40(46)57)65(90)76-38-28-53(84(34-38)56(88)31-73-69(94)59-42-17-5-11-23-48(42)79-61-44-19-7-13-25-50(44)81-63(59)61)66(91)75-37-26-51(64(70)89)82(33-37)54(86)29-72-68(93)58-41-16-4-10-22-47(41)78-60-43-18-6-12-24-49(43)80-62(58)60/h2-25,36-38,51-53,80-81H,26-34H2,1H3,(H2,70,89)(H,71,92)(H,72,93)(H,73,94)(H,74,85)(H,75,91)(H,76,90). The quantitative estimate of drug-likeness (QED) is 0.0654. The van der Waals surface area contributed by atoms with E-state index in [9.17, 15) is 47.9 Å². The van der Waals surface area contributed by atoms with Crippen molar-refractivity contribution < 1.29 is 47.9 Å². The Morgan fingerprint density at radius 3 is 1.13 bits per heavy atom. The summed E-state index contributed by atoms with van der Waals surface area (Å²) >= 11 is 0. The summed E-state index contributed by atoms with van der Waals surface area (Å²) in [7, 11) is 0. The highest BCUT2D eigenvalue weighted by molar-refractivity contribution is 6.22. The molecule has 11 aromatic rings. The van der Waals surface area contributed by atoms with E-state index in [0.717, 1.165) is 21.8 Å². The molecule has 10 N–H and O–H groups in total. The third kappa shape index (κ3) is 11.0. The van der Waals surface area contributed by atoms with Crippen LogP contribution in [0.3, 0.4) is 0 Å². The summed E-state index contributed by atoms with van der Waals surface area (Å²) < 4.78 is 0. The Morgan fingerprint density at radius 1 is 0.415 bits per heavy atom. The topological polar surface area (TPSA) is 349 Å². The van der Waals surface area contributed by atoms with Crippen LogP contribution in [0, 0.1) is 0 Å². The zero-order chi connectivity index (χ0) is 65.1. The number of benzene rings is 6. The summed E-state index contributed by atoms with van der Waals surface area (Å²) in [4.78, 5) is 166. The summed E-state index contributed by atoms with van der Waals surface area (Å²) in [6, 6.07) is 37.2. The Morgan fingerprint density at radius 2 is 0.734 bits per heavy atom. The van der Waals surface area contributed by atoms with Gasteiger partial charge in [0, 0.05) is 88.0 Å². The van der Waals surface area contributed by atoms with Crippen LogP contribution in [0.4, 0.5) is 0 Å². The molecule has 14 rings (SSSR count). The number of nitrogens with two attached hydrogens (primary N) is 1. The van der Waals surface area contributed by atoms with Crippen molar-refractivity contribution in [1.82, 2.24) is 71.5 Å². The van der Waals surface area contributed by atoms with Crippen LogP contribution in [0.15, 0.2) is 146 Å². The van der Waals surface area contributed by atoms with Crippen molar-refractivity contribution in [2.75, 3.05) is 39.3 Å². The number of aromatic nitrogens is 5. The zero-order valence-corrected chi connectivity index (χ0v) is 50.5. The van der Waals surface area contributed by atoms with Crippen molar-refractivity contribution in [1.29, 1.82) is 0 Å². The van der Waals surface area contributed by atoms with Gasteiger partial charge in [0.2, 0.25) is 41.4 Å². The predicted octanol–water partition coefficient (Wildman–Crippen LogP) is 4.11. The van der Waals surface area contributed by atoms with E-state index in [2.05, 4.69) is 41.9 Å². The minimum absolute atomic E-state index is 0.0143. The van der Waals surface area contributed by atoms with Crippen molar-refractivity contribution >= 4 is 147 Å². The van der Waals surface area contributed by atoms with Crippen LogP contribution in [-0.2, 0) is 33.6 Å². The van der Waals surface area contributed by atoms with E-state index in [-0.39, 0.29) is 50.0 Å². The number of nitrogens with zero attached hydrogens (tertiary/aromatic N) is 6. The van der Waals surface area contributed by atoms with E-state index in [1.54, 1.807) is 97.1 Å². The van der Waals surface area contributed by atoms with Gasteiger partial charge in [-0.15, -0.1) is 0 Å². The van der Waals surface area contributed by atoms with E-state index in [1.807, 2.05) is 48.5 Å². The summed E-state index contributed by atoms with van der Waals surface area (Å²) in [5.41, 5.74) is 12.5. The number of H-pyrrole nitrogens is 2. The second-order valence-electron chi connectivity index (χ2n) is 24.0. The number of hydrogen-bond acceptors (Lipinski definition) is 13. The third-order valence-electron chi connectivity index (χ3n) is 18.0. The Labute approximate surface area is 533 Å². The fraction of sp³-hybridized carbons (Fsp3) is 0.232. The number of carbonyl (C=O) groups is 10. The van der Waals surface area contributed by atoms with Crippen molar-refractivity contribution in [2.24, 2.45) is 5.73 Å². The van der Waals surface area contributed by atoms with Crippen molar-refractivity contribution in [2.45, 2.75) is 62.4 Å². The largest absolute Gasteiger partial charge is 0.368 e. The van der Waals surface area contributed by atoms with Gasteiger partial charge in [-0.05, 0) is 55.7 Å². The zero-order valence-electron chi connectivity index (χ0n) is 50.5. The molecule has 472 valence electrons. The summed E-state index contributed by atoms with van der Waals surface area (Å²) in [6.07, 6.45) is -0.309. The van der Waals surface area contributed by atoms with Gasteiger partial charge in [0.05, 0.1) is 80.5 Å². The Balaban J connectivity index is 0.698. The summed E-state index contributed by atoms with van der Waals surface area (Å²) in [5.74, 6) is -6.38. The molecule has 0 aliphatic carbocycles. The van der Waals surface area contributed by atoms with Gasteiger partial charge in [0.1, 0.15) is 18.1 Å². The number of rotatable bonds is 15. The molecule has 8 heterocycles. The number of para-hydroxylation sites is 6. The molecule has 0 spiro atoms. The van der Waals surface area contributed by atoms with Crippen LogP contribution in [0.5, 0.6) is 0 Å². The molecule has 0 saturated carbocycles. The molecule has 3 saturated heterocycles. The predicted molar refractivity (Wildman–Crippen MR) is 349 cm³/mol. The molecule has 25 heteroatoms. The summed E-state index contributed by atoms with van der Waals surface area (Å²) in [6.45, 7) is -0.912. The minimum Gasteiger partial charge on any atom is -0.368 e. The molecular weight excluding hydrogens is 1200 g/mol. The molecule has 94 heavy (non-hydrogen) atoms. The van der Waals surface area contributed by atoms with E-state index in [4.69, 9.17) is 20.7 Å². The maximum atomic E-state index is 14.9.